The smallest absolute Gasteiger partial charge is 0.251 e. The van der Waals surface area contributed by atoms with Crippen molar-refractivity contribution in [3.8, 4) is 23.0 Å². The zero-order valence-corrected chi connectivity index (χ0v) is 16.2. The predicted octanol–water partition coefficient (Wildman–Crippen LogP) is 5.48. The molecule has 0 spiro atoms. The Labute approximate surface area is 166 Å². The Morgan fingerprint density at radius 1 is 0.964 bits per heavy atom. The van der Waals surface area contributed by atoms with Gasteiger partial charge in [0.15, 0.2) is 0 Å². The summed E-state index contributed by atoms with van der Waals surface area (Å²) in [5.74, 6) is 6.13. The Bertz CT molecular complexity index is 1030. The number of amides is 1. The van der Waals surface area contributed by atoms with E-state index in [2.05, 4.69) is 66.5 Å². The Kier molecular flexibility index (Phi) is 6.44. The maximum atomic E-state index is 11.8. The minimum absolute atomic E-state index is 0.0605. The van der Waals surface area contributed by atoms with E-state index < -0.39 is 0 Å². The highest BCUT2D eigenvalue weighted by molar-refractivity contribution is 5.94. The van der Waals surface area contributed by atoms with E-state index in [1.807, 2.05) is 37.3 Å². The fourth-order valence-corrected chi connectivity index (χ4v) is 2.86. The Balaban J connectivity index is 1.74. The SMILES string of the molecule is CCNC(=O)c1ccc(C#CC=Cc2ccccc2-c2ccc(C)cc2)cc1. The molecule has 0 radical (unpaired) electrons. The zero-order chi connectivity index (χ0) is 19.8. The van der Waals surface area contributed by atoms with Crippen molar-refractivity contribution in [2.75, 3.05) is 6.54 Å². The summed E-state index contributed by atoms with van der Waals surface area (Å²) in [6.45, 7) is 4.62. The standard InChI is InChI=1S/C26H23NO/c1-3-27-26(28)24-18-14-21(15-19-24)8-4-5-9-22-10-6-7-11-25(22)23-16-12-20(2)13-17-23/h5-7,9-19H,3H2,1-2H3,(H,27,28). The highest BCUT2D eigenvalue weighted by Crippen LogP contribution is 2.24. The van der Waals surface area contributed by atoms with Crippen molar-refractivity contribution >= 4 is 12.0 Å². The van der Waals surface area contributed by atoms with Gasteiger partial charge in [0.2, 0.25) is 0 Å². The molecule has 28 heavy (non-hydrogen) atoms. The number of carbonyl (C=O) groups is 1. The summed E-state index contributed by atoms with van der Waals surface area (Å²) in [6.07, 6.45) is 3.90. The topological polar surface area (TPSA) is 29.1 Å². The van der Waals surface area contributed by atoms with E-state index in [0.717, 1.165) is 11.1 Å². The van der Waals surface area contributed by atoms with Crippen molar-refractivity contribution in [1.29, 1.82) is 0 Å². The van der Waals surface area contributed by atoms with Gasteiger partial charge < -0.3 is 5.32 Å². The quantitative estimate of drug-likeness (QED) is 0.610. The lowest BCUT2D eigenvalue weighted by Gasteiger charge is -2.06. The normalized spacial score (nSPS) is 10.4. The van der Waals surface area contributed by atoms with Crippen LogP contribution >= 0.6 is 0 Å². The van der Waals surface area contributed by atoms with Gasteiger partial charge in [-0.1, -0.05) is 65.9 Å². The first-order chi connectivity index (χ1) is 13.7. The van der Waals surface area contributed by atoms with Crippen LogP contribution in [0.15, 0.2) is 78.9 Å². The van der Waals surface area contributed by atoms with Gasteiger partial charge >= 0.3 is 0 Å². The number of benzene rings is 3. The van der Waals surface area contributed by atoms with Gasteiger partial charge in [0.25, 0.3) is 5.91 Å². The molecule has 0 heterocycles. The molecule has 3 aromatic rings. The van der Waals surface area contributed by atoms with Gasteiger partial charge in [0.1, 0.15) is 0 Å². The highest BCUT2D eigenvalue weighted by atomic mass is 16.1. The third-order valence-electron chi connectivity index (χ3n) is 4.37. The van der Waals surface area contributed by atoms with Gasteiger partial charge in [-0.3, -0.25) is 4.79 Å². The van der Waals surface area contributed by atoms with E-state index in [1.165, 1.54) is 16.7 Å². The van der Waals surface area contributed by atoms with Crippen LogP contribution in [0.4, 0.5) is 0 Å². The molecule has 0 aromatic heterocycles. The molecular weight excluding hydrogens is 342 g/mol. The molecule has 138 valence electrons. The van der Waals surface area contributed by atoms with Gasteiger partial charge in [0, 0.05) is 17.7 Å². The van der Waals surface area contributed by atoms with Crippen LogP contribution in [0.2, 0.25) is 0 Å². The molecule has 2 heteroatoms. The number of nitrogens with one attached hydrogen (secondary N) is 1. The van der Waals surface area contributed by atoms with Crippen molar-refractivity contribution in [3.05, 3.63) is 101 Å². The number of hydrogen-bond donors (Lipinski definition) is 1. The van der Waals surface area contributed by atoms with Crippen LogP contribution in [0, 0.1) is 18.8 Å². The summed E-state index contributed by atoms with van der Waals surface area (Å²) >= 11 is 0. The lowest BCUT2D eigenvalue weighted by molar-refractivity contribution is 0.0956. The molecule has 0 unspecified atom stereocenters. The summed E-state index contributed by atoms with van der Waals surface area (Å²) in [6, 6.07) is 24.2. The average molecular weight is 365 g/mol. The van der Waals surface area contributed by atoms with Crippen LogP contribution in [0.25, 0.3) is 17.2 Å². The minimum Gasteiger partial charge on any atom is -0.352 e. The molecule has 3 rings (SSSR count). The van der Waals surface area contributed by atoms with Crippen LogP contribution < -0.4 is 5.32 Å². The Morgan fingerprint density at radius 3 is 2.39 bits per heavy atom. The second kappa shape index (κ2) is 9.39. The molecule has 0 atom stereocenters. The third-order valence-corrected chi connectivity index (χ3v) is 4.37. The second-order valence-corrected chi connectivity index (χ2v) is 6.49. The average Bonchev–Trinajstić information content (AvgIpc) is 2.73. The molecule has 0 aliphatic heterocycles. The monoisotopic (exact) mass is 365 g/mol. The van der Waals surface area contributed by atoms with Crippen molar-refractivity contribution in [2.24, 2.45) is 0 Å². The number of allylic oxidation sites excluding steroid dienone is 1. The summed E-state index contributed by atoms with van der Waals surface area (Å²) in [7, 11) is 0. The van der Waals surface area contributed by atoms with E-state index >= 15 is 0 Å². The fraction of sp³-hybridized carbons (Fsp3) is 0.115. The maximum Gasteiger partial charge on any atom is 0.251 e. The molecule has 0 fully saturated rings. The number of hydrogen-bond acceptors (Lipinski definition) is 1. The number of carbonyl (C=O) groups excluding carboxylic acids is 1. The minimum atomic E-state index is -0.0605. The largest absolute Gasteiger partial charge is 0.352 e. The maximum absolute atomic E-state index is 11.8. The van der Waals surface area contributed by atoms with Crippen LogP contribution in [0.5, 0.6) is 0 Å². The van der Waals surface area contributed by atoms with E-state index in [0.29, 0.717) is 12.1 Å². The molecule has 2 nitrogen and oxygen atoms in total. The number of aryl methyl sites for hydroxylation is 1. The molecule has 0 aliphatic rings. The summed E-state index contributed by atoms with van der Waals surface area (Å²) < 4.78 is 0. The first kappa shape index (κ1) is 19.2. The van der Waals surface area contributed by atoms with Crippen LogP contribution in [0.1, 0.15) is 34.0 Å². The second-order valence-electron chi connectivity index (χ2n) is 6.49. The third kappa shape index (κ3) is 4.99. The molecule has 3 aromatic carbocycles. The van der Waals surface area contributed by atoms with Gasteiger partial charge in [-0.15, -0.1) is 0 Å². The molecular formula is C26H23NO. The molecule has 0 bridgehead atoms. The lowest BCUT2D eigenvalue weighted by atomic mass is 9.98. The lowest BCUT2D eigenvalue weighted by Crippen LogP contribution is -2.22. The summed E-state index contributed by atoms with van der Waals surface area (Å²) in [4.78, 5) is 11.8. The van der Waals surface area contributed by atoms with Crippen LogP contribution in [-0.2, 0) is 0 Å². The fourth-order valence-electron chi connectivity index (χ4n) is 2.86. The van der Waals surface area contributed by atoms with E-state index in [4.69, 9.17) is 0 Å². The number of rotatable bonds is 4. The van der Waals surface area contributed by atoms with Crippen molar-refractivity contribution in [3.63, 3.8) is 0 Å². The van der Waals surface area contributed by atoms with Crippen molar-refractivity contribution < 1.29 is 4.79 Å². The Morgan fingerprint density at radius 2 is 1.68 bits per heavy atom. The van der Waals surface area contributed by atoms with E-state index in [-0.39, 0.29) is 5.91 Å². The van der Waals surface area contributed by atoms with Gasteiger partial charge in [-0.05, 0) is 67.0 Å². The molecule has 0 saturated heterocycles. The van der Waals surface area contributed by atoms with Gasteiger partial charge in [0.05, 0.1) is 0 Å². The molecule has 0 aliphatic carbocycles. The predicted molar refractivity (Wildman–Crippen MR) is 117 cm³/mol. The molecule has 1 N–H and O–H groups in total. The van der Waals surface area contributed by atoms with Crippen molar-refractivity contribution in [2.45, 2.75) is 13.8 Å². The van der Waals surface area contributed by atoms with Crippen LogP contribution in [-0.4, -0.2) is 12.5 Å². The highest BCUT2D eigenvalue weighted by Gasteiger charge is 2.03. The Hall–Kier alpha value is -3.57. The summed E-state index contributed by atoms with van der Waals surface area (Å²) in [5, 5.41) is 2.79. The van der Waals surface area contributed by atoms with Crippen molar-refractivity contribution in [1.82, 2.24) is 5.32 Å². The van der Waals surface area contributed by atoms with E-state index in [9.17, 15) is 4.79 Å². The van der Waals surface area contributed by atoms with Gasteiger partial charge in [-0.2, -0.15) is 0 Å². The van der Waals surface area contributed by atoms with Gasteiger partial charge in [-0.25, -0.2) is 0 Å². The van der Waals surface area contributed by atoms with Crippen LogP contribution in [0.3, 0.4) is 0 Å². The zero-order valence-electron chi connectivity index (χ0n) is 16.2. The molecule has 0 saturated carbocycles. The summed E-state index contributed by atoms with van der Waals surface area (Å²) in [5.41, 5.74) is 6.29. The first-order valence-electron chi connectivity index (χ1n) is 9.40. The molecule has 1 amide bonds. The first-order valence-corrected chi connectivity index (χ1v) is 9.40. The van der Waals surface area contributed by atoms with E-state index in [1.54, 1.807) is 12.1 Å².